The lowest BCUT2D eigenvalue weighted by molar-refractivity contribution is 0.323. The standard InChI is InChI=1S/C20H21N3S.ClH/c21-18-12-23(11-17(18)15-7-3-1-4-8-15)13-20-22-19(14-24-20)16-9-5-2-6-10-16;/h1-10,14,17-18H,11-13,21H2;1H/t17-,18+;/m0./s1. The minimum Gasteiger partial charge on any atom is -0.326 e. The van der Waals surface area contributed by atoms with Gasteiger partial charge in [0.15, 0.2) is 0 Å². The van der Waals surface area contributed by atoms with Gasteiger partial charge in [-0.1, -0.05) is 60.7 Å². The van der Waals surface area contributed by atoms with Gasteiger partial charge in [-0.2, -0.15) is 0 Å². The summed E-state index contributed by atoms with van der Waals surface area (Å²) in [6.07, 6.45) is 0. The Kier molecular flexibility index (Phi) is 5.86. The minimum atomic E-state index is 0. The zero-order valence-corrected chi connectivity index (χ0v) is 15.5. The van der Waals surface area contributed by atoms with Crippen molar-refractivity contribution in [1.29, 1.82) is 0 Å². The van der Waals surface area contributed by atoms with Crippen molar-refractivity contribution in [3.63, 3.8) is 0 Å². The molecular formula is C20H22ClN3S. The van der Waals surface area contributed by atoms with E-state index < -0.39 is 0 Å². The fourth-order valence-corrected chi connectivity index (χ4v) is 4.26. The summed E-state index contributed by atoms with van der Waals surface area (Å²) in [6, 6.07) is 21.2. The highest BCUT2D eigenvalue weighted by atomic mass is 35.5. The van der Waals surface area contributed by atoms with E-state index in [9.17, 15) is 0 Å². The van der Waals surface area contributed by atoms with Crippen LogP contribution in [0.15, 0.2) is 66.0 Å². The maximum atomic E-state index is 6.39. The highest BCUT2D eigenvalue weighted by Crippen LogP contribution is 2.29. The molecule has 2 aromatic carbocycles. The number of hydrogen-bond acceptors (Lipinski definition) is 4. The lowest BCUT2D eigenvalue weighted by Gasteiger charge is -2.15. The first-order valence-corrected chi connectivity index (χ1v) is 9.20. The maximum absolute atomic E-state index is 6.39. The Balaban J connectivity index is 0.00000182. The van der Waals surface area contributed by atoms with E-state index in [0.29, 0.717) is 5.92 Å². The first-order valence-electron chi connectivity index (χ1n) is 8.32. The molecule has 0 spiro atoms. The van der Waals surface area contributed by atoms with Crippen LogP contribution in [-0.4, -0.2) is 29.0 Å². The molecule has 0 bridgehead atoms. The normalized spacial score (nSPS) is 20.4. The van der Waals surface area contributed by atoms with Crippen molar-refractivity contribution in [2.24, 2.45) is 5.73 Å². The highest BCUT2D eigenvalue weighted by molar-refractivity contribution is 7.09. The molecule has 0 amide bonds. The third-order valence-electron chi connectivity index (χ3n) is 4.65. The van der Waals surface area contributed by atoms with Crippen molar-refractivity contribution in [3.05, 3.63) is 76.6 Å². The van der Waals surface area contributed by atoms with Gasteiger partial charge >= 0.3 is 0 Å². The molecule has 0 aliphatic carbocycles. The molecule has 1 fully saturated rings. The summed E-state index contributed by atoms with van der Waals surface area (Å²) in [5.74, 6) is 0.416. The molecule has 25 heavy (non-hydrogen) atoms. The molecule has 3 nitrogen and oxygen atoms in total. The number of likely N-dealkylation sites (tertiary alicyclic amines) is 1. The molecule has 0 radical (unpaired) electrons. The molecule has 2 N–H and O–H groups in total. The molecule has 0 unspecified atom stereocenters. The van der Waals surface area contributed by atoms with Gasteiger partial charge < -0.3 is 5.73 Å². The first-order chi connectivity index (χ1) is 11.8. The molecule has 1 aromatic heterocycles. The van der Waals surface area contributed by atoms with Crippen LogP contribution in [0.25, 0.3) is 11.3 Å². The number of benzene rings is 2. The number of hydrogen-bond donors (Lipinski definition) is 1. The Bertz CT molecular complexity index is 791. The second-order valence-electron chi connectivity index (χ2n) is 6.37. The largest absolute Gasteiger partial charge is 0.326 e. The van der Waals surface area contributed by atoms with Crippen LogP contribution in [0.5, 0.6) is 0 Å². The van der Waals surface area contributed by atoms with Crippen molar-refractivity contribution >= 4 is 23.7 Å². The van der Waals surface area contributed by atoms with Crippen LogP contribution in [0.4, 0.5) is 0 Å². The topological polar surface area (TPSA) is 42.1 Å². The van der Waals surface area contributed by atoms with Crippen LogP contribution in [-0.2, 0) is 6.54 Å². The van der Waals surface area contributed by atoms with Crippen LogP contribution in [0.3, 0.4) is 0 Å². The zero-order chi connectivity index (χ0) is 16.4. The number of aromatic nitrogens is 1. The predicted molar refractivity (Wildman–Crippen MR) is 107 cm³/mol. The summed E-state index contributed by atoms with van der Waals surface area (Å²) in [7, 11) is 0. The van der Waals surface area contributed by atoms with Crippen LogP contribution >= 0.6 is 23.7 Å². The lowest BCUT2D eigenvalue weighted by Crippen LogP contribution is -2.28. The number of thiazole rings is 1. The van der Waals surface area contributed by atoms with Crippen molar-refractivity contribution in [2.75, 3.05) is 13.1 Å². The molecule has 0 saturated carbocycles. The maximum Gasteiger partial charge on any atom is 0.107 e. The van der Waals surface area contributed by atoms with Gasteiger partial charge in [0.05, 0.1) is 12.2 Å². The quantitative estimate of drug-likeness (QED) is 0.748. The van der Waals surface area contributed by atoms with E-state index >= 15 is 0 Å². The third-order valence-corrected chi connectivity index (χ3v) is 5.48. The molecule has 3 aromatic rings. The van der Waals surface area contributed by atoms with Crippen LogP contribution in [0.2, 0.25) is 0 Å². The SMILES string of the molecule is Cl.N[C@@H]1CN(Cc2nc(-c3ccccc3)cs2)C[C@H]1c1ccccc1. The Hall–Kier alpha value is -1.72. The smallest absolute Gasteiger partial charge is 0.107 e. The lowest BCUT2D eigenvalue weighted by atomic mass is 9.95. The van der Waals surface area contributed by atoms with Crippen LogP contribution in [0, 0.1) is 0 Å². The Morgan fingerprint density at radius 2 is 1.68 bits per heavy atom. The predicted octanol–water partition coefficient (Wildman–Crippen LogP) is 4.16. The fourth-order valence-electron chi connectivity index (χ4n) is 3.41. The van der Waals surface area contributed by atoms with E-state index in [1.165, 1.54) is 11.1 Å². The highest BCUT2D eigenvalue weighted by Gasteiger charge is 2.31. The van der Waals surface area contributed by atoms with E-state index in [1.54, 1.807) is 11.3 Å². The second kappa shape index (κ2) is 8.11. The van der Waals surface area contributed by atoms with E-state index in [1.807, 2.05) is 6.07 Å². The first kappa shape index (κ1) is 18.1. The molecule has 130 valence electrons. The van der Waals surface area contributed by atoms with Crippen molar-refractivity contribution in [2.45, 2.75) is 18.5 Å². The Morgan fingerprint density at radius 1 is 1.00 bits per heavy atom. The van der Waals surface area contributed by atoms with Gasteiger partial charge in [-0.05, 0) is 5.56 Å². The second-order valence-corrected chi connectivity index (χ2v) is 7.31. The number of nitrogens with zero attached hydrogens (tertiary/aromatic N) is 2. The zero-order valence-electron chi connectivity index (χ0n) is 13.9. The van der Waals surface area contributed by atoms with E-state index in [-0.39, 0.29) is 18.4 Å². The molecule has 2 atom stereocenters. The molecule has 1 aliphatic heterocycles. The molecular weight excluding hydrogens is 350 g/mol. The summed E-state index contributed by atoms with van der Waals surface area (Å²) in [5.41, 5.74) is 9.99. The van der Waals surface area contributed by atoms with Gasteiger partial charge in [-0.3, -0.25) is 4.90 Å². The molecule has 2 heterocycles. The summed E-state index contributed by atoms with van der Waals surface area (Å²) in [6.45, 7) is 2.82. The molecule has 1 saturated heterocycles. The number of rotatable bonds is 4. The number of nitrogens with two attached hydrogens (primary N) is 1. The summed E-state index contributed by atoms with van der Waals surface area (Å²) in [5, 5.41) is 3.31. The van der Waals surface area contributed by atoms with Crippen molar-refractivity contribution in [1.82, 2.24) is 9.88 Å². The molecule has 5 heteroatoms. The Labute approximate surface area is 158 Å². The Morgan fingerprint density at radius 3 is 2.40 bits per heavy atom. The summed E-state index contributed by atoms with van der Waals surface area (Å²) in [4.78, 5) is 7.23. The van der Waals surface area contributed by atoms with Crippen molar-refractivity contribution in [3.8, 4) is 11.3 Å². The van der Waals surface area contributed by atoms with Crippen LogP contribution < -0.4 is 5.73 Å². The summed E-state index contributed by atoms with van der Waals surface area (Å²) < 4.78 is 0. The van der Waals surface area contributed by atoms with E-state index in [0.717, 1.165) is 30.3 Å². The fraction of sp³-hybridized carbons (Fsp3) is 0.250. The summed E-state index contributed by atoms with van der Waals surface area (Å²) >= 11 is 1.74. The van der Waals surface area contributed by atoms with Gasteiger partial charge in [0, 0.05) is 36.0 Å². The third kappa shape index (κ3) is 4.10. The molecule has 1 aliphatic rings. The van der Waals surface area contributed by atoms with Gasteiger partial charge in [0.1, 0.15) is 5.01 Å². The van der Waals surface area contributed by atoms with Crippen LogP contribution in [0.1, 0.15) is 16.5 Å². The van der Waals surface area contributed by atoms with Crippen molar-refractivity contribution < 1.29 is 0 Å². The minimum absolute atomic E-state index is 0. The molecule has 4 rings (SSSR count). The average molecular weight is 372 g/mol. The van der Waals surface area contributed by atoms with E-state index in [4.69, 9.17) is 10.7 Å². The van der Waals surface area contributed by atoms with Gasteiger partial charge in [-0.25, -0.2) is 4.98 Å². The average Bonchev–Trinajstić information content (AvgIpc) is 3.23. The number of halogens is 1. The van der Waals surface area contributed by atoms with Gasteiger partial charge in [0.2, 0.25) is 0 Å². The van der Waals surface area contributed by atoms with Gasteiger partial charge in [-0.15, -0.1) is 23.7 Å². The van der Waals surface area contributed by atoms with E-state index in [2.05, 4.69) is 64.9 Å². The van der Waals surface area contributed by atoms with Gasteiger partial charge in [0.25, 0.3) is 0 Å². The monoisotopic (exact) mass is 371 g/mol.